The third kappa shape index (κ3) is 3.64. The number of benzene rings is 2. The summed E-state index contributed by atoms with van der Waals surface area (Å²) in [7, 11) is -4.16. The molecule has 23 heavy (non-hydrogen) atoms. The van der Waals surface area contributed by atoms with Crippen LogP contribution in [0.4, 0.5) is 11.4 Å². The van der Waals surface area contributed by atoms with Gasteiger partial charge in [0.05, 0.1) is 15.5 Å². The second-order valence-corrected chi connectivity index (χ2v) is 6.35. The molecule has 9 heteroatoms. The van der Waals surface area contributed by atoms with Crippen LogP contribution >= 0.6 is 0 Å². The molecule has 0 spiro atoms. The minimum atomic E-state index is -4.16. The number of carboxylic acid groups (broad SMARTS) is 1. The third-order valence-electron chi connectivity index (χ3n) is 2.96. The number of anilines is 1. The average Bonchev–Trinajstić information content (AvgIpc) is 2.53. The molecule has 120 valence electrons. The summed E-state index contributed by atoms with van der Waals surface area (Å²) in [6.45, 7) is -0.761. The summed E-state index contributed by atoms with van der Waals surface area (Å²) in [6, 6.07) is 12.0. The van der Waals surface area contributed by atoms with Crippen LogP contribution in [0, 0.1) is 10.1 Å². The van der Waals surface area contributed by atoms with Crippen LogP contribution < -0.4 is 4.31 Å². The number of rotatable bonds is 6. The van der Waals surface area contributed by atoms with E-state index >= 15 is 0 Å². The maximum Gasteiger partial charge on any atom is 0.324 e. The molecule has 0 heterocycles. The molecule has 0 aliphatic rings. The van der Waals surface area contributed by atoms with Crippen molar-refractivity contribution >= 4 is 27.4 Å². The molecule has 0 aliphatic carbocycles. The van der Waals surface area contributed by atoms with Crippen LogP contribution in [0.5, 0.6) is 0 Å². The smallest absolute Gasteiger partial charge is 0.324 e. The van der Waals surface area contributed by atoms with Gasteiger partial charge in [0.1, 0.15) is 6.54 Å². The molecule has 2 aromatic rings. The molecule has 0 saturated heterocycles. The molecule has 8 nitrogen and oxygen atoms in total. The Labute approximate surface area is 131 Å². The number of hydrogen-bond acceptors (Lipinski definition) is 5. The highest BCUT2D eigenvalue weighted by Gasteiger charge is 2.27. The Morgan fingerprint density at radius 3 is 2.13 bits per heavy atom. The van der Waals surface area contributed by atoms with E-state index in [2.05, 4.69) is 0 Å². The normalized spacial score (nSPS) is 11.0. The molecule has 2 rings (SSSR count). The number of carbonyl (C=O) groups is 1. The predicted molar refractivity (Wildman–Crippen MR) is 81.7 cm³/mol. The standard InChI is InChI=1S/C14H12N2O6S/c17-14(18)10-15(11-4-2-1-3-5-11)23(21,22)13-8-6-12(7-9-13)16(19)20/h1-9H,10H2,(H,17,18). The molecule has 0 radical (unpaired) electrons. The Morgan fingerprint density at radius 2 is 1.65 bits per heavy atom. The fraction of sp³-hybridized carbons (Fsp3) is 0.0714. The van der Waals surface area contributed by atoms with Crippen LogP contribution in [0.2, 0.25) is 0 Å². The highest BCUT2D eigenvalue weighted by molar-refractivity contribution is 7.92. The van der Waals surface area contributed by atoms with Crippen LogP contribution in [-0.2, 0) is 14.8 Å². The number of non-ortho nitro benzene ring substituents is 1. The number of sulfonamides is 1. The summed E-state index contributed by atoms with van der Waals surface area (Å²) >= 11 is 0. The number of para-hydroxylation sites is 1. The minimum Gasteiger partial charge on any atom is -0.480 e. The van der Waals surface area contributed by atoms with Crippen molar-refractivity contribution in [2.45, 2.75) is 4.90 Å². The SMILES string of the molecule is O=C(O)CN(c1ccccc1)S(=O)(=O)c1ccc([N+](=O)[O-])cc1. The van der Waals surface area contributed by atoms with E-state index in [4.69, 9.17) is 5.11 Å². The first-order chi connectivity index (χ1) is 10.8. The molecular formula is C14H12N2O6S. The quantitative estimate of drug-likeness (QED) is 0.635. The second-order valence-electron chi connectivity index (χ2n) is 4.49. The second kappa shape index (κ2) is 6.44. The first kappa shape index (κ1) is 16.4. The maximum atomic E-state index is 12.6. The fourth-order valence-electron chi connectivity index (χ4n) is 1.90. The Bertz CT molecular complexity index is 818. The molecule has 0 unspecified atom stereocenters. The molecular weight excluding hydrogens is 324 g/mol. The van der Waals surface area contributed by atoms with Crippen molar-refractivity contribution in [2.24, 2.45) is 0 Å². The van der Waals surface area contributed by atoms with Crippen molar-refractivity contribution < 1.29 is 23.2 Å². The summed E-state index contributed by atoms with van der Waals surface area (Å²) in [5.74, 6) is -1.32. The van der Waals surface area contributed by atoms with E-state index in [0.717, 1.165) is 28.6 Å². The van der Waals surface area contributed by atoms with Gasteiger partial charge in [-0.25, -0.2) is 8.42 Å². The lowest BCUT2D eigenvalue weighted by Crippen LogP contribution is -2.35. The Hall–Kier alpha value is -2.94. The van der Waals surface area contributed by atoms with Crippen LogP contribution in [0.1, 0.15) is 0 Å². The number of hydrogen-bond donors (Lipinski definition) is 1. The summed E-state index contributed by atoms with van der Waals surface area (Å²) in [5, 5.41) is 19.6. The Morgan fingerprint density at radius 1 is 1.09 bits per heavy atom. The van der Waals surface area contributed by atoms with Crippen molar-refractivity contribution in [1.29, 1.82) is 0 Å². The number of carboxylic acids is 1. The van der Waals surface area contributed by atoms with E-state index in [1.807, 2.05) is 0 Å². The van der Waals surface area contributed by atoms with Gasteiger partial charge in [-0.2, -0.15) is 0 Å². The van der Waals surface area contributed by atoms with Gasteiger partial charge in [0, 0.05) is 12.1 Å². The van der Waals surface area contributed by atoms with E-state index in [-0.39, 0.29) is 16.3 Å². The number of nitrogens with zero attached hydrogens (tertiary/aromatic N) is 2. The van der Waals surface area contributed by atoms with Crippen molar-refractivity contribution in [2.75, 3.05) is 10.8 Å². The molecule has 0 amide bonds. The molecule has 1 N–H and O–H groups in total. The van der Waals surface area contributed by atoms with Crippen LogP contribution in [0.15, 0.2) is 59.5 Å². The summed E-state index contributed by atoms with van der Waals surface area (Å²) < 4.78 is 26.0. The predicted octanol–water partition coefficient (Wildman–Crippen LogP) is 1.87. The molecule has 0 saturated carbocycles. The lowest BCUT2D eigenvalue weighted by Gasteiger charge is -2.22. The zero-order valence-electron chi connectivity index (χ0n) is 11.7. The Balaban J connectivity index is 2.47. The van der Waals surface area contributed by atoms with E-state index in [0.29, 0.717) is 0 Å². The van der Waals surface area contributed by atoms with Crippen LogP contribution in [0.25, 0.3) is 0 Å². The van der Waals surface area contributed by atoms with Crippen molar-refractivity contribution in [3.63, 3.8) is 0 Å². The van der Waals surface area contributed by atoms with Crippen molar-refractivity contribution in [3.05, 3.63) is 64.7 Å². The first-order valence-electron chi connectivity index (χ1n) is 6.36. The van der Waals surface area contributed by atoms with Gasteiger partial charge < -0.3 is 5.11 Å². The van der Waals surface area contributed by atoms with E-state index in [1.54, 1.807) is 18.2 Å². The molecule has 0 atom stereocenters. The maximum absolute atomic E-state index is 12.6. The number of nitro groups is 1. The number of nitro benzene ring substituents is 1. The fourth-order valence-corrected chi connectivity index (χ4v) is 3.31. The molecule has 0 bridgehead atoms. The van der Waals surface area contributed by atoms with Crippen LogP contribution in [-0.4, -0.2) is 31.0 Å². The first-order valence-corrected chi connectivity index (χ1v) is 7.80. The zero-order chi connectivity index (χ0) is 17.0. The molecule has 0 aromatic heterocycles. The largest absolute Gasteiger partial charge is 0.480 e. The van der Waals surface area contributed by atoms with Gasteiger partial charge in [-0.3, -0.25) is 19.2 Å². The van der Waals surface area contributed by atoms with Gasteiger partial charge >= 0.3 is 5.97 Å². The summed E-state index contributed by atoms with van der Waals surface area (Å²) in [5.41, 5.74) is -0.0679. The number of aliphatic carboxylic acids is 1. The van der Waals surface area contributed by atoms with E-state index in [1.165, 1.54) is 12.1 Å². The van der Waals surface area contributed by atoms with Gasteiger partial charge in [-0.1, -0.05) is 18.2 Å². The van der Waals surface area contributed by atoms with E-state index < -0.39 is 27.5 Å². The monoisotopic (exact) mass is 336 g/mol. The van der Waals surface area contributed by atoms with Gasteiger partial charge in [0.2, 0.25) is 0 Å². The summed E-state index contributed by atoms with van der Waals surface area (Å²) in [4.78, 5) is 20.8. The molecule has 0 fully saturated rings. The van der Waals surface area contributed by atoms with Gasteiger partial charge in [0.25, 0.3) is 15.7 Å². The lowest BCUT2D eigenvalue weighted by molar-refractivity contribution is -0.384. The molecule has 2 aromatic carbocycles. The minimum absolute atomic E-state index is 0.188. The highest BCUT2D eigenvalue weighted by atomic mass is 32.2. The van der Waals surface area contributed by atoms with Gasteiger partial charge in [-0.15, -0.1) is 0 Å². The zero-order valence-corrected chi connectivity index (χ0v) is 12.5. The van der Waals surface area contributed by atoms with Gasteiger partial charge in [0.15, 0.2) is 0 Å². The van der Waals surface area contributed by atoms with Crippen LogP contribution in [0.3, 0.4) is 0 Å². The van der Waals surface area contributed by atoms with Crippen molar-refractivity contribution in [1.82, 2.24) is 0 Å². The van der Waals surface area contributed by atoms with E-state index in [9.17, 15) is 23.3 Å². The van der Waals surface area contributed by atoms with Crippen molar-refractivity contribution in [3.8, 4) is 0 Å². The topological polar surface area (TPSA) is 118 Å². The average molecular weight is 336 g/mol. The molecule has 0 aliphatic heterocycles. The lowest BCUT2D eigenvalue weighted by atomic mass is 10.3. The Kier molecular flexibility index (Phi) is 4.60. The van der Waals surface area contributed by atoms with Gasteiger partial charge in [-0.05, 0) is 24.3 Å². The third-order valence-corrected chi connectivity index (χ3v) is 4.75. The highest BCUT2D eigenvalue weighted by Crippen LogP contribution is 2.24. The summed E-state index contributed by atoms with van der Waals surface area (Å²) in [6.07, 6.45) is 0.